The zero-order chi connectivity index (χ0) is 15.1. The Morgan fingerprint density at radius 2 is 2.05 bits per heavy atom. The molecule has 20 heavy (non-hydrogen) atoms. The topological polar surface area (TPSA) is 58.6 Å². The van der Waals surface area contributed by atoms with Gasteiger partial charge < -0.3 is 15.0 Å². The second-order valence-electron chi connectivity index (χ2n) is 4.10. The summed E-state index contributed by atoms with van der Waals surface area (Å²) in [6, 6.07) is 5.45. The maximum absolute atomic E-state index is 11.8. The predicted octanol–water partition coefficient (Wildman–Crippen LogP) is 2.18. The molecule has 0 spiro atoms. The van der Waals surface area contributed by atoms with Crippen molar-refractivity contribution in [1.82, 2.24) is 10.2 Å². The van der Waals surface area contributed by atoms with Crippen molar-refractivity contribution in [3.8, 4) is 5.75 Å². The maximum atomic E-state index is 11.8. The summed E-state index contributed by atoms with van der Waals surface area (Å²) in [4.78, 5) is 24.4. The number of hydrogen-bond acceptors (Lipinski definition) is 3. The lowest BCUT2D eigenvalue weighted by molar-refractivity contribution is -0.132. The summed E-state index contributed by atoms with van der Waals surface area (Å²) in [6.45, 7) is 0.299. The van der Waals surface area contributed by atoms with E-state index >= 15 is 0 Å². The van der Waals surface area contributed by atoms with Gasteiger partial charge in [0, 0.05) is 31.5 Å². The van der Waals surface area contributed by atoms with E-state index in [2.05, 4.69) is 37.2 Å². The summed E-state index contributed by atoms with van der Waals surface area (Å²) in [5, 5.41) is 2.51. The molecule has 0 bridgehead atoms. The Bertz CT molecular complexity index is 495. The zero-order valence-electron chi connectivity index (χ0n) is 11.3. The number of benzene rings is 1. The van der Waals surface area contributed by atoms with Crippen molar-refractivity contribution in [2.45, 2.75) is 6.42 Å². The van der Waals surface area contributed by atoms with Crippen LogP contribution in [-0.2, 0) is 9.59 Å². The van der Waals surface area contributed by atoms with Crippen LogP contribution in [0.15, 0.2) is 27.1 Å². The number of nitrogens with one attached hydrogen (secondary N) is 1. The van der Waals surface area contributed by atoms with E-state index < -0.39 is 0 Å². The van der Waals surface area contributed by atoms with Crippen molar-refractivity contribution in [2.24, 2.45) is 0 Å². The molecule has 0 aliphatic carbocycles. The fourth-order valence-corrected chi connectivity index (χ4v) is 2.52. The van der Waals surface area contributed by atoms with Gasteiger partial charge in [-0.15, -0.1) is 0 Å². The Hall–Kier alpha value is -1.08. The Morgan fingerprint density at radius 3 is 2.65 bits per heavy atom. The Morgan fingerprint density at radius 1 is 1.35 bits per heavy atom. The number of halogens is 2. The molecule has 0 aliphatic heterocycles. The molecule has 110 valence electrons. The average Bonchev–Trinajstić information content (AvgIpc) is 2.42. The molecule has 1 N–H and O–H groups in total. The quantitative estimate of drug-likeness (QED) is 0.786. The molecule has 0 aromatic heterocycles. The third-order valence-corrected chi connectivity index (χ3v) is 3.74. The van der Waals surface area contributed by atoms with E-state index in [1.54, 1.807) is 20.2 Å². The van der Waals surface area contributed by atoms with Crippen molar-refractivity contribution in [1.29, 1.82) is 0 Å². The van der Waals surface area contributed by atoms with Gasteiger partial charge in [0.25, 0.3) is 5.91 Å². The van der Waals surface area contributed by atoms with Crippen molar-refractivity contribution in [3.63, 3.8) is 0 Å². The number of carbonyl (C=O) groups excluding carboxylic acids is 2. The first-order valence-electron chi connectivity index (χ1n) is 5.96. The minimum Gasteiger partial charge on any atom is -0.483 e. The minimum atomic E-state index is -0.177. The highest BCUT2D eigenvalue weighted by molar-refractivity contribution is 9.11. The third kappa shape index (κ3) is 5.50. The number of rotatable bonds is 6. The van der Waals surface area contributed by atoms with Gasteiger partial charge in [-0.1, -0.05) is 15.9 Å². The van der Waals surface area contributed by atoms with Crippen LogP contribution in [0, 0.1) is 0 Å². The molecule has 2 amide bonds. The lowest BCUT2D eigenvalue weighted by atomic mass is 10.3. The van der Waals surface area contributed by atoms with Crippen LogP contribution in [0.25, 0.3) is 0 Å². The van der Waals surface area contributed by atoms with Gasteiger partial charge in [-0.05, 0) is 34.1 Å². The van der Waals surface area contributed by atoms with Crippen LogP contribution in [0.4, 0.5) is 0 Å². The van der Waals surface area contributed by atoms with Gasteiger partial charge in [0.2, 0.25) is 5.91 Å². The molecule has 0 heterocycles. The molecule has 0 fully saturated rings. The van der Waals surface area contributed by atoms with Crippen LogP contribution in [0.1, 0.15) is 6.42 Å². The fourth-order valence-electron chi connectivity index (χ4n) is 1.36. The van der Waals surface area contributed by atoms with Gasteiger partial charge >= 0.3 is 0 Å². The Balaban J connectivity index is 2.44. The highest BCUT2D eigenvalue weighted by atomic mass is 79.9. The normalized spacial score (nSPS) is 10.0. The average molecular weight is 408 g/mol. The monoisotopic (exact) mass is 406 g/mol. The predicted molar refractivity (Wildman–Crippen MR) is 83.7 cm³/mol. The first-order valence-corrected chi connectivity index (χ1v) is 7.55. The van der Waals surface area contributed by atoms with Gasteiger partial charge in [-0.2, -0.15) is 0 Å². The number of nitrogens with zero attached hydrogens (tertiary/aromatic N) is 1. The molecule has 1 aromatic rings. The van der Waals surface area contributed by atoms with Crippen molar-refractivity contribution >= 4 is 43.7 Å². The summed E-state index contributed by atoms with van der Waals surface area (Å²) < 4.78 is 7.14. The van der Waals surface area contributed by atoms with Gasteiger partial charge in [0.1, 0.15) is 5.75 Å². The summed E-state index contributed by atoms with van der Waals surface area (Å²) in [6.07, 6.45) is 0.278. The van der Waals surface area contributed by atoms with E-state index in [0.717, 1.165) is 8.95 Å². The van der Waals surface area contributed by atoms with E-state index in [-0.39, 0.29) is 24.8 Å². The minimum absolute atomic E-state index is 0.0650. The molecule has 0 saturated carbocycles. The number of amides is 2. The summed E-state index contributed by atoms with van der Waals surface area (Å²) in [7, 11) is 3.21. The Kier molecular flexibility index (Phi) is 7.01. The second-order valence-corrected chi connectivity index (χ2v) is 5.87. The zero-order valence-corrected chi connectivity index (χ0v) is 14.5. The number of likely N-dealkylation sites (N-methyl/N-ethyl adjacent to an activating group) is 1. The van der Waals surface area contributed by atoms with Crippen molar-refractivity contribution < 1.29 is 14.3 Å². The van der Waals surface area contributed by atoms with Crippen LogP contribution in [0.5, 0.6) is 5.75 Å². The summed E-state index contributed by atoms with van der Waals surface area (Å²) in [5.41, 5.74) is 0. The molecular formula is C13H16Br2N2O3. The molecule has 0 saturated heterocycles. The van der Waals surface area contributed by atoms with E-state index in [1.165, 1.54) is 4.90 Å². The molecular weight excluding hydrogens is 392 g/mol. The molecule has 7 heteroatoms. The SMILES string of the molecule is CNC(=O)CCN(C)C(=O)COc1ccc(Br)cc1Br. The Labute approximate surface area is 134 Å². The highest BCUT2D eigenvalue weighted by Gasteiger charge is 2.12. The van der Waals surface area contributed by atoms with Crippen LogP contribution in [0.2, 0.25) is 0 Å². The molecule has 0 atom stereocenters. The van der Waals surface area contributed by atoms with E-state index in [0.29, 0.717) is 12.3 Å². The van der Waals surface area contributed by atoms with E-state index in [4.69, 9.17) is 4.74 Å². The first-order chi connectivity index (χ1) is 9.43. The van der Waals surface area contributed by atoms with Crippen LogP contribution < -0.4 is 10.1 Å². The van der Waals surface area contributed by atoms with Crippen molar-refractivity contribution in [3.05, 3.63) is 27.1 Å². The molecule has 1 rings (SSSR count). The summed E-state index contributed by atoms with van der Waals surface area (Å²) in [5.74, 6) is 0.325. The van der Waals surface area contributed by atoms with Gasteiger partial charge in [0.05, 0.1) is 4.47 Å². The van der Waals surface area contributed by atoms with E-state index in [1.807, 2.05) is 12.1 Å². The highest BCUT2D eigenvalue weighted by Crippen LogP contribution is 2.28. The lowest BCUT2D eigenvalue weighted by Crippen LogP contribution is -2.34. The van der Waals surface area contributed by atoms with Crippen LogP contribution in [-0.4, -0.2) is 44.0 Å². The van der Waals surface area contributed by atoms with Gasteiger partial charge in [-0.3, -0.25) is 9.59 Å². The molecule has 0 aliphatic rings. The fraction of sp³-hybridized carbons (Fsp3) is 0.385. The molecule has 0 radical (unpaired) electrons. The smallest absolute Gasteiger partial charge is 0.260 e. The largest absolute Gasteiger partial charge is 0.483 e. The molecule has 1 aromatic carbocycles. The molecule has 5 nitrogen and oxygen atoms in total. The van der Waals surface area contributed by atoms with Crippen LogP contribution >= 0.6 is 31.9 Å². The first kappa shape index (κ1) is 17.0. The van der Waals surface area contributed by atoms with Crippen molar-refractivity contribution in [2.75, 3.05) is 27.2 Å². The standard InChI is InChI=1S/C13H16Br2N2O3/c1-16-12(18)5-6-17(2)13(19)8-20-11-4-3-9(14)7-10(11)15/h3-4,7H,5-6,8H2,1-2H3,(H,16,18). The number of carbonyl (C=O) groups is 2. The number of ether oxygens (including phenoxy) is 1. The third-order valence-electron chi connectivity index (χ3n) is 2.62. The van der Waals surface area contributed by atoms with Crippen LogP contribution in [0.3, 0.4) is 0 Å². The second kappa shape index (κ2) is 8.26. The molecule has 0 unspecified atom stereocenters. The van der Waals surface area contributed by atoms with Gasteiger partial charge in [-0.25, -0.2) is 0 Å². The maximum Gasteiger partial charge on any atom is 0.260 e. The van der Waals surface area contributed by atoms with Gasteiger partial charge in [0.15, 0.2) is 6.61 Å². The van der Waals surface area contributed by atoms with E-state index in [9.17, 15) is 9.59 Å². The summed E-state index contributed by atoms with van der Waals surface area (Å²) >= 11 is 6.70. The lowest BCUT2D eigenvalue weighted by Gasteiger charge is -2.17. The number of hydrogen-bond donors (Lipinski definition) is 1.